The van der Waals surface area contributed by atoms with Crippen LogP contribution in [-0.4, -0.2) is 12.1 Å². The first-order valence-electron chi connectivity index (χ1n) is 4.10. The summed E-state index contributed by atoms with van der Waals surface area (Å²) >= 11 is 0. The van der Waals surface area contributed by atoms with Crippen LogP contribution in [0.5, 0.6) is 0 Å². The van der Waals surface area contributed by atoms with E-state index in [1.54, 1.807) is 13.2 Å². The van der Waals surface area contributed by atoms with Gasteiger partial charge in [-0.25, -0.2) is 5.84 Å². The third-order valence-electron chi connectivity index (χ3n) is 1.66. The summed E-state index contributed by atoms with van der Waals surface area (Å²) in [6.45, 7) is 3.93. The van der Waals surface area contributed by atoms with Gasteiger partial charge in [0.25, 0.3) is 0 Å². The Hall–Kier alpha value is -1.54. The molecule has 0 aliphatic carbocycles. The number of rotatable bonds is 3. The van der Waals surface area contributed by atoms with E-state index in [-0.39, 0.29) is 0 Å². The molecular weight excluding hydrogens is 160 g/mol. The summed E-state index contributed by atoms with van der Waals surface area (Å²) in [5, 5.41) is 1.49. The van der Waals surface area contributed by atoms with Crippen LogP contribution in [0.3, 0.4) is 0 Å². The second kappa shape index (κ2) is 4.48. The van der Waals surface area contributed by atoms with Crippen molar-refractivity contribution in [3.05, 3.63) is 54.8 Å². The maximum absolute atomic E-state index is 5.42. The quantitative estimate of drug-likeness (QED) is 0.431. The van der Waals surface area contributed by atoms with E-state index in [9.17, 15) is 0 Å². The highest BCUT2D eigenvalue weighted by atomic mass is 15.4. The molecule has 0 fully saturated rings. The van der Waals surface area contributed by atoms with Crippen LogP contribution in [0.15, 0.2) is 49.2 Å². The highest BCUT2D eigenvalue weighted by Crippen LogP contribution is 2.12. The molecule has 13 heavy (non-hydrogen) atoms. The van der Waals surface area contributed by atoms with Gasteiger partial charge in [0.1, 0.15) is 0 Å². The molecule has 0 saturated heterocycles. The number of hydrazine groups is 1. The van der Waals surface area contributed by atoms with Gasteiger partial charge in [-0.15, -0.1) is 0 Å². The standard InChI is InChI=1S/C11H14N2/c1-10(8-9-13(2)12)11-6-4-3-5-7-11/h3-9H,1,12H2,2H3/b9-8-. The lowest BCUT2D eigenvalue weighted by molar-refractivity contribution is 0.485. The summed E-state index contributed by atoms with van der Waals surface area (Å²) in [4.78, 5) is 0. The fourth-order valence-corrected chi connectivity index (χ4v) is 0.956. The van der Waals surface area contributed by atoms with Gasteiger partial charge in [0.2, 0.25) is 0 Å². The Bertz CT molecular complexity index is 299. The first-order valence-corrected chi connectivity index (χ1v) is 4.10. The van der Waals surface area contributed by atoms with Gasteiger partial charge in [-0.2, -0.15) is 0 Å². The van der Waals surface area contributed by atoms with Crippen molar-refractivity contribution >= 4 is 5.57 Å². The number of hydrogen-bond acceptors (Lipinski definition) is 2. The zero-order valence-electron chi connectivity index (χ0n) is 7.77. The van der Waals surface area contributed by atoms with Crippen molar-refractivity contribution in [2.24, 2.45) is 5.84 Å². The molecule has 0 aromatic heterocycles. The predicted octanol–water partition coefficient (Wildman–Crippen LogP) is 2.02. The molecule has 0 saturated carbocycles. The Morgan fingerprint density at radius 3 is 2.54 bits per heavy atom. The molecule has 2 nitrogen and oxygen atoms in total. The summed E-state index contributed by atoms with van der Waals surface area (Å²) in [5.74, 6) is 5.42. The smallest absolute Gasteiger partial charge is 0.0222 e. The van der Waals surface area contributed by atoms with E-state index in [1.165, 1.54) is 5.01 Å². The Morgan fingerprint density at radius 1 is 1.38 bits per heavy atom. The van der Waals surface area contributed by atoms with Crippen LogP contribution in [0.1, 0.15) is 5.56 Å². The van der Waals surface area contributed by atoms with Crippen molar-refractivity contribution in [1.29, 1.82) is 0 Å². The Kier molecular flexibility index (Phi) is 3.29. The largest absolute Gasteiger partial charge is 0.321 e. The van der Waals surface area contributed by atoms with Crippen LogP contribution < -0.4 is 5.84 Å². The number of allylic oxidation sites excluding steroid dienone is 2. The third-order valence-corrected chi connectivity index (χ3v) is 1.66. The molecule has 1 aromatic rings. The summed E-state index contributed by atoms with van der Waals surface area (Å²) < 4.78 is 0. The average molecular weight is 174 g/mol. The number of nitrogens with two attached hydrogens (primary N) is 1. The van der Waals surface area contributed by atoms with Crippen LogP contribution >= 0.6 is 0 Å². The van der Waals surface area contributed by atoms with Crippen molar-refractivity contribution in [3.63, 3.8) is 0 Å². The second-order valence-electron chi connectivity index (χ2n) is 2.87. The molecular formula is C11H14N2. The number of hydrogen-bond donors (Lipinski definition) is 1. The van der Waals surface area contributed by atoms with Crippen molar-refractivity contribution in [2.75, 3.05) is 7.05 Å². The van der Waals surface area contributed by atoms with E-state index in [0.29, 0.717) is 0 Å². The first kappa shape index (κ1) is 9.55. The lowest BCUT2D eigenvalue weighted by Crippen LogP contribution is -2.18. The van der Waals surface area contributed by atoms with Crippen molar-refractivity contribution in [3.8, 4) is 0 Å². The summed E-state index contributed by atoms with van der Waals surface area (Å²) in [6.07, 6.45) is 3.66. The van der Waals surface area contributed by atoms with Crippen molar-refractivity contribution in [2.45, 2.75) is 0 Å². The molecule has 0 radical (unpaired) electrons. The number of benzene rings is 1. The fourth-order valence-electron chi connectivity index (χ4n) is 0.956. The molecule has 68 valence electrons. The highest BCUT2D eigenvalue weighted by Gasteiger charge is 1.91. The first-order chi connectivity index (χ1) is 6.20. The molecule has 2 N–H and O–H groups in total. The van der Waals surface area contributed by atoms with Gasteiger partial charge in [0.05, 0.1) is 0 Å². The highest BCUT2D eigenvalue weighted by molar-refractivity contribution is 5.71. The Morgan fingerprint density at radius 2 is 2.00 bits per heavy atom. The third kappa shape index (κ3) is 3.13. The lowest BCUT2D eigenvalue weighted by Gasteiger charge is -2.04. The molecule has 0 heterocycles. The molecule has 0 spiro atoms. The van der Waals surface area contributed by atoms with Crippen LogP contribution in [0.2, 0.25) is 0 Å². The van der Waals surface area contributed by atoms with Gasteiger partial charge in [-0.05, 0) is 17.2 Å². The molecule has 1 rings (SSSR count). The zero-order valence-corrected chi connectivity index (χ0v) is 7.77. The van der Waals surface area contributed by atoms with Crippen LogP contribution in [-0.2, 0) is 0 Å². The molecule has 1 aromatic carbocycles. The maximum Gasteiger partial charge on any atom is 0.0222 e. The molecule has 2 heteroatoms. The van der Waals surface area contributed by atoms with Gasteiger partial charge in [0, 0.05) is 13.2 Å². The molecule has 0 unspecified atom stereocenters. The van der Waals surface area contributed by atoms with Crippen LogP contribution in [0, 0.1) is 0 Å². The lowest BCUT2D eigenvalue weighted by atomic mass is 10.1. The maximum atomic E-state index is 5.42. The summed E-state index contributed by atoms with van der Waals surface area (Å²) in [7, 11) is 1.77. The monoisotopic (exact) mass is 174 g/mol. The fraction of sp³-hybridized carbons (Fsp3) is 0.0909. The zero-order chi connectivity index (χ0) is 9.68. The van der Waals surface area contributed by atoms with Crippen LogP contribution in [0.25, 0.3) is 5.57 Å². The molecule has 0 aliphatic heterocycles. The average Bonchev–Trinajstić information content (AvgIpc) is 2.15. The molecule has 0 amide bonds. The molecule has 0 atom stereocenters. The SMILES string of the molecule is C=C(/C=C\N(C)N)c1ccccc1. The van der Waals surface area contributed by atoms with Crippen LogP contribution in [0.4, 0.5) is 0 Å². The Labute approximate surface area is 78.9 Å². The van der Waals surface area contributed by atoms with E-state index < -0.39 is 0 Å². The summed E-state index contributed by atoms with van der Waals surface area (Å²) in [6, 6.07) is 9.99. The predicted molar refractivity (Wildman–Crippen MR) is 56.6 cm³/mol. The number of nitrogens with zero attached hydrogens (tertiary/aromatic N) is 1. The van der Waals surface area contributed by atoms with Gasteiger partial charge in [0.15, 0.2) is 0 Å². The minimum atomic E-state index is 0.956. The Balaban J connectivity index is 2.70. The minimum absolute atomic E-state index is 0.956. The van der Waals surface area contributed by atoms with Gasteiger partial charge < -0.3 is 5.01 Å². The molecule has 0 aliphatic rings. The van der Waals surface area contributed by atoms with E-state index in [0.717, 1.165) is 11.1 Å². The van der Waals surface area contributed by atoms with E-state index in [4.69, 9.17) is 5.84 Å². The van der Waals surface area contributed by atoms with E-state index >= 15 is 0 Å². The molecule has 0 bridgehead atoms. The van der Waals surface area contributed by atoms with E-state index in [1.807, 2.05) is 36.4 Å². The van der Waals surface area contributed by atoms with Gasteiger partial charge >= 0.3 is 0 Å². The van der Waals surface area contributed by atoms with E-state index in [2.05, 4.69) is 6.58 Å². The van der Waals surface area contributed by atoms with Gasteiger partial charge in [-0.1, -0.05) is 36.9 Å². The van der Waals surface area contributed by atoms with Crippen molar-refractivity contribution in [1.82, 2.24) is 5.01 Å². The summed E-state index contributed by atoms with van der Waals surface area (Å²) in [5.41, 5.74) is 2.07. The second-order valence-corrected chi connectivity index (χ2v) is 2.87. The normalized spacial score (nSPS) is 10.3. The van der Waals surface area contributed by atoms with Gasteiger partial charge in [-0.3, -0.25) is 0 Å². The van der Waals surface area contributed by atoms with Crippen molar-refractivity contribution < 1.29 is 0 Å². The minimum Gasteiger partial charge on any atom is -0.321 e. The topological polar surface area (TPSA) is 29.3 Å².